The second-order valence-electron chi connectivity index (χ2n) is 5.90. The number of hydrogen-bond donors (Lipinski definition) is 1. The zero-order valence-electron chi connectivity index (χ0n) is 10.6. The number of rotatable bonds is 2. The molecular formula is C14H19Br2N. The summed E-state index contributed by atoms with van der Waals surface area (Å²) < 4.78 is 2.26. The third-order valence-corrected chi connectivity index (χ3v) is 4.95. The quantitative estimate of drug-likeness (QED) is 0.739. The Labute approximate surface area is 121 Å². The highest BCUT2D eigenvalue weighted by Crippen LogP contribution is 2.43. The van der Waals surface area contributed by atoms with Crippen LogP contribution in [-0.2, 0) is 0 Å². The summed E-state index contributed by atoms with van der Waals surface area (Å²) in [5, 5.41) is 3.69. The molecule has 2 unspecified atom stereocenters. The fourth-order valence-electron chi connectivity index (χ4n) is 2.91. The average molecular weight is 361 g/mol. The summed E-state index contributed by atoms with van der Waals surface area (Å²) in [7, 11) is 0. The highest BCUT2D eigenvalue weighted by atomic mass is 79.9. The molecule has 2 atom stereocenters. The SMILES string of the molecule is CC1CC(C)(C)CC1Nc1c(Br)cccc1Br. The van der Waals surface area contributed by atoms with E-state index in [2.05, 4.69) is 70.1 Å². The summed E-state index contributed by atoms with van der Waals surface area (Å²) in [6.45, 7) is 7.07. The van der Waals surface area contributed by atoms with Crippen molar-refractivity contribution in [3.63, 3.8) is 0 Å². The summed E-state index contributed by atoms with van der Waals surface area (Å²) in [5.74, 6) is 0.726. The maximum absolute atomic E-state index is 3.69. The largest absolute Gasteiger partial charge is 0.380 e. The minimum Gasteiger partial charge on any atom is -0.380 e. The van der Waals surface area contributed by atoms with Crippen LogP contribution in [0.4, 0.5) is 5.69 Å². The minimum absolute atomic E-state index is 0.463. The van der Waals surface area contributed by atoms with Gasteiger partial charge in [-0.15, -0.1) is 0 Å². The van der Waals surface area contributed by atoms with Crippen molar-refractivity contribution in [1.82, 2.24) is 0 Å². The predicted molar refractivity (Wildman–Crippen MR) is 81.4 cm³/mol. The highest BCUT2D eigenvalue weighted by Gasteiger charge is 2.36. The Balaban J connectivity index is 2.17. The number of nitrogens with one attached hydrogen (secondary N) is 1. The smallest absolute Gasteiger partial charge is 0.0631 e. The number of para-hydroxylation sites is 1. The van der Waals surface area contributed by atoms with Gasteiger partial charge >= 0.3 is 0 Å². The molecule has 0 saturated heterocycles. The molecule has 1 aliphatic rings. The molecule has 1 aliphatic carbocycles. The lowest BCUT2D eigenvalue weighted by atomic mass is 9.91. The number of hydrogen-bond acceptors (Lipinski definition) is 1. The van der Waals surface area contributed by atoms with Crippen molar-refractivity contribution in [3.05, 3.63) is 27.1 Å². The van der Waals surface area contributed by atoms with Gasteiger partial charge in [0.05, 0.1) is 5.69 Å². The van der Waals surface area contributed by atoms with E-state index in [0.717, 1.165) is 14.9 Å². The van der Waals surface area contributed by atoms with Gasteiger partial charge in [0.25, 0.3) is 0 Å². The fraction of sp³-hybridized carbons (Fsp3) is 0.571. The lowest BCUT2D eigenvalue weighted by molar-refractivity contribution is 0.366. The van der Waals surface area contributed by atoms with E-state index >= 15 is 0 Å². The van der Waals surface area contributed by atoms with Crippen molar-refractivity contribution >= 4 is 37.5 Å². The lowest BCUT2D eigenvalue weighted by Crippen LogP contribution is -2.23. The molecule has 1 aromatic carbocycles. The van der Waals surface area contributed by atoms with E-state index in [4.69, 9.17) is 0 Å². The average Bonchev–Trinajstić information content (AvgIpc) is 2.46. The normalized spacial score (nSPS) is 27.1. The van der Waals surface area contributed by atoms with Crippen LogP contribution in [-0.4, -0.2) is 6.04 Å². The van der Waals surface area contributed by atoms with E-state index in [0.29, 0.717) is 11.5 Å². The second-order valence-corrected chi connectivity index (χ2v) is 7.61. The first-order chi connectivity index (χ1) is 7.89. The summed E-state index contributed by atoms with van der Waals surface area (Å²) in [4.78, 5) is 0. The molecule has 94 valence electrons. The Kier molecular flexibility index (Phi) is 3.89. The van der Waals surface area contributed by atoms with Crippen molar-refractivity contribution in [2.75, 3.05) is 5.32 Å². The van der Waals surface area contributed by atoms with Gasteiger partial charge in [0.1, 0.15) is 0 Å². The van der Waals surface area contributed by atoms with E-state index in [9.17, 15) is 0 Å². The Bertz CT molecular complexity index is 394. The van der Waals surface area contributed by atoms with Crippen molar-refractivity contribution in [2.24, 2.45) is 11.3 Å². The maximum atomic E-state index is 3.69. The Morgan fingerprint density at radius 2 is 1.76 bits per heavy atom. The van der Waals surface area contributed by atoms with Gasteiger partial charge in [0, 0.05) is 15.0 Å². The van der Waals surface area contributed by atoms with Crippen LogP contribution in [0.5, 0.6) is 0 Å². The molecule has 1 saturated carbocycles. The third kappa shape index (κ3) is 3.05. The molecule has 0 heterocycles. The first-order valence-corrected chi connectivity index (χ1v) is 7.68. The minimum atomic E-state index is 0.463. The first-order valence-electron chi connectivity index (χ1n) is 6.09. The topological polar surface area (TPSA) is 12.0 Å². The van der Waals surface area contributed by atoms with Crippen LogP contribution in [0, 0.1) is 11.3 Å². The molecule has 1 fully saturated rings. The van der Waals surface area contributed by atoms with Crippen LogP contribution in [0.3, 0.4) is 0 Å². The first kappa shape index (κ1) is 13.4. The van der Waals surface area contributed by atoms with Crippen LogP contribution in [0.1, 0.15) is 33.6 Å². The standard InChI is InChI=1S/C14H19Br2N/c1-9-7-14(2,3)8-12(9)17-13-10(15)5-4-6-11(13)16/h4-6,9,12,17H,7-8H2,1-3H3. The van der Waals surface area contributed by atoms with Gasteiger partial charge in [0.15, 0.2) is 0 Å². The second kappa shape index (κ2) is 4.93. The monoisotopic (exact) mass is 359 g/mol. The van der Waals surface area contributed by atoms with Crippen LogP contribution in [0.25, 0.3) is 0 Å². The molecule has 0 spiro atoms. The Morgan fingerprint density at radius 1 is 1.18 bits per heavy atom. The highest BCUT2D eigenvalue weighted by molar-refractivity contribution is 9.11. The molecule has 0 amide bonds. The van der Waals surface area contributed by atoms with Crippen molar-refractivity contribution in [1.29, 1.82) is 0 Å². The van der Waals surface area contributed by atoms with Gasteiger partial charge < -0.3 is 5.32 Å². The third-order valence-electron chi connectivity index (χ3n) is 3.63. The van der Waals surface area contributed by atoms with E-state index in [1.54, 1.807) is 0 Å². The summed E-state index contributed by atoms with van der Waals surface area (Å²) in [5.41, 5.74) is 1.65. The number of halogens is 2. The summed E-state index contributed by atoms with van der Waals surface area (Å²) >= 11 is 7.22. The predicted octanol–water partition coefficient (Wildman–Crippen LogP) is 5.45. The summed E-state index contributed by atoms with van der Waals surface area (Å²) in [6, 6.07) is 6.77. The fourth-order valence-corrected chi connectivity index (χ4v) is 4.14. The molecule has 0 aromatic heterocycles. The van der Waals surface area contributed by atoms with E-state index in [-0.39, 0.29) is 0 Å². The zero-order valence-corrected chi connectivity index (χ0v) is 13.7. The molecule has 0 radical (unpaired) electrons. The molecule has 3 heteroatoms. The van der Waals surface area contributed by atoms with Crippen molar-refractivity contribution in [2.45, 2.75) is 39.7 Å². The van der Waals surface area contributed by atoms with Crippen molar-refractivity contribution in [3.8, 4) is 0 Å². The molecule has 0 aliphatic heterocycles. The van der Waals surface area contributed by atoms with Crippen LogP contribution in [0.15, 0.2) is 27.1 Å². The Morgan fingerprint density at radius 3 is 2.24 bits per heavy atom. The van der Waals surface area contributed by atoms with E-state index in [1.165, 1.54) is 18.5 Å². The lowest BCUT2D eigenvalue weighted by Gasteiger charge is -2.21. The van der Waals surface area contributed by atoms with E-state index in [1.807, 2.05) is 6.07 Å². The molecule has 1 nitrogen and oxygen atoms in total. The van der Waals surface area contributed by atoms with Gasteiger partial charge in [-0.05, 0) is 68.2 Å². The van der Waals surface area contributed by atoms with Gasteiger partial charge in [-0.1, -0.05) is 26.8 Å². The zero-order chi connectivity index (χ0) is 12.6. The van der Waals surface area contributed by atoms with Gasteiger partial charge in [-0.2, -0.15) is 0 Å². The number of benzene rings is 1. The Hall–Kier alpha value is -0.0200. The summed E-state index contributed by atoms with van der Waals surface area (Å²) in [6.07, 6.45) is 2.54. The van der Waals surface area contributed by atoms with E-state index < -0.39 is 0 Å². The molecule has 1 aromatic rings. The van der Waals surface area contributed by atoms with Gasteiger partial charge in [-0.25, -0.2) is 0 Å². The maximum Gasteiger partial charge on any atom is 0.0631 e. The molecule has 1 N–H and O–H groups in total. The van der Waals surface area contributed by atoms with Crippen LogP contribution >= 0.6 is 31.9 Å². The van der Waals surface area contributed by atoms with Crippen LogP contribution in [0.2, 0.25) is 0 Å². The number of anilines is 1. The van der Waals surface area contributed by atoms with Gasteiger partial charge in [-0.3, -0.25) is 0 Å². The van der Waals surface area contributed by atoms with Crippen molar-refractivity contribution < 1.29 is 0 Å². The molecular weight excluding hydrogens is 342 g/mol. The van der Waals surface area contributed by atoms with Crippen LogP contribution < -0.4 is 5.32 Å². The van der Waals surface area contributed by atoms with Gasteiger partial charge in [0.2, 0.25) is 0 Å². The molecule has 17 heavy (non-hydrogen) atoms. The molecule has 0 bridgehead atoms. The molecule has 2 rings (SSSR count).